The summed E-state index contributed by atoms with van der Waals surface area (Å²) in [6.07, 6.45) is 4.10. The highest BCUT2D eigenvalue weighted by Crippen LogP contribution is 2.39. The summed E-state index contributed by atoms with van der Waals surface area (Å²) in [6.45, 7) is 3.78. The molecule has 1 amide bonds. The van der Waals surface area contributed by atoms with Crippen LogP contribution >= 0.6 is 11.8 Å². The molecular weight excluding hydrogens is 324 g/mol. The molecule has 0 saturated carbocycles. The van der Waals surface area contributed by atoms with E-state index in [9.17, 15) is 4.79 Å². The number of hydrogen-bond donors (Lipinski definition) is 0. The number of methoxy groups -OCH3 is 1. The van der Waals surface area contributed by atoms with Gasteiger partial charge < -0.3 is 18.9 Å². The van der Waals surface area contributed by atoms with Crippen LogP contribution < -0.4 is 4.74 Å². The molecule has 1 aromatic carbocycles. The number of benzene rings is 1. The van der Waals surface area contributed by atoms with Gasteiger partial charge in [0.15, 0.2) is 0 Å². The number of para-hydroxylation sites is 2. The number of ether oxygens (including phenoxy) is 2. The normalized spacial score (nSPS) is 17.5. The molecule has 1 atom stereocenters. The Hall–Kier alpha value is -1.92. The first-order valence-electron chi connectivity index (χ1n) is 8.04. The van der Waals surface area contributed by atoms with E-state index < -0.39 is 0 Å². The van der Waals surface area contributed by atoms with Crippen LogP contribution in [0, 0.1) is 0 Å². The minimum absolute atomic E-state index is 0.0492. The first-order chi connectivity index (χ1) is 11.7. The molecule has 6 heteroatoms. The zero-order chi connectivity index (χ0) is 16.9. The van der Waals surface area contributed by atoms with Gasteiger partial charge in [0, 0.05) is 31.6 Å². The second kappa shape index (κ2) is 7.77. The van der Waals surface area contributed by atoms with E-state index >= 15 is 0 Å². The first kappa shape index (κ1) is 16.9. The van der Waals surface area contributed by atoms with Crippen LogP contribution in [0.25, 0.3) is 5.69 Å². The van der Waals surface area contributed by atoms with E-state index in [-0.39, 0.29) is 11.3 Å². The molecule has 5 nitrogen and oxygen atoms in total. The fourth-order valence-electron chi connectivity index (χ4n) is 2.82. The third kappa shape index (κ3) is 3.44. The molecule has 128 valence electrons. The molecule has 0 bridgehead atoms. The van der Waals surface area contributed by atoms with Crippen molar-refractivity contribution in [3.63, 3.8) is 0 Å². The number of hydrogen-bond acceptors (Lipinski definition) is 4. The topological polar surface area (TPSA) is 43.7 Å². The van der Waals surface area contributed by atoms with E-state index in [0.717, 1.165) is 17.0 Å². The van der Waals surface area contributed by atoms with Crippen LogP contribution in [0.3, 0.4) is 0 Å². The van der Waals surface area contributed by atoms with Crippen LogP contribution in [0.4, 0.5) is 0 Å². The first-order valence-corrected chi connectivity index (χ1v) is 9.09. The number of carbonyl (C=O) groups is 1. The summed E-state index contributed by atoms with van der Waals surface area (Å²) >= 11 is 1.66. The molecular formula is C18H22N2O3S. The Bertz CT molecular complexity index is 701. The molecule has 0 radical (unpaired) electrons. The van der Waals surface area contributed by atoms with Crippen molar-refractivity contribution in [1.29, 1.82) is 0 Å². The van der Waals surface area contributed by atoms with Crippen LogP contribution in [-0.2, 0) is 9.53 Å². The van der Waals surface area contributed by atoms with E-state index in [1.54, 1.807) is 18.9 Å². The van der Waals surface area contributed by atoms with Gasteiger partial charge in [-0.1, -0.05) is 12.1 Å². The Labute approximate surface area is 146 Å². The average Bonchev–Trinajstić information content (AvgIpc) is 3.21. The molecule has 2 aromatic rings. The molecule has 3 rings (SSSR count). The maximum atomic E-state index is 12.1. The zero-order valence-electron chi connectivity index (χ0n) is 14.0. The van der Waals surface area contributed by atoms with Gasteiger partial charge >= 0.3 is 0 Å². The maximum Gasteiger partial charge on any atom is 0.233 e. The molecule has 1 saturated heterocycles. The van der Waals surface area contributed by atoms with Crippen LogP contribution in [0.15, 0.2) is 42.7 Å². The van der Waals surface area contributed by atoms with Gasteiger partial charge in [0.2, 0.25) is 5.91 Å². The van der Waals surface area contributed by atoms with Gasteiger partial charge in [0.05, 0.1) is 24.7 Å². The van der Waals surface area contributed by atoms with Crippen molar-refractivity contribution in [2.45, 2.75) is 12.3 Å². The van der Waals surface area contributed by atoms with E-state index in [4.69, 9.17) is 9.47 Å². The van der Waals surface area contributed by atoms with Crippen LogP contribution in [0.5, 0.6) is 5.75 Å². The van der Waals surface area contributed by atoms with Crippen LogP contribution in [0.2, 0.25) is 0 Å². The lowest BCUT2D eigenvalue weighted by molar-refractivity contribution is -0.128. The highest BCUT2D eigenvalue weighted by molar-refractivity contribution is 8.00. The highest BCUT2D eigenvalue weighted by atomic mass is 32.2. The Morgan fingerprint density at radius 1 is 1.29 bits per heavy atom. The monoisotopic (exact) mass is 346 g/mol. The third-order valence-corrected chi connectivity index (χ3v) is 5.20. The Kier molecular flexibility index (Phi) is 5.48. The predicted octanol–water partition coefficient (Wildman–Crippen LogP) is 3.10. The number of amides is 1. The number of nitrogens with zero attached hydrogens (tertiary/aromatic N) is 2. The predicted molar refractivity (Wildman–Crippen MR) is 95.7 cm³/mol. The van der Waals surface area contributed by atoms with Crippen LogP contribution in [-0.4, -0.2) is 48.0 Å². The van der Waals surface area contributed by atoms with Gasteiger partial charge in [-0.15, -0.1) is 11.8 Å². The molecule has 2 heterocycles. The van der Waals surface area contributed by atoms with E-state index in [0.29, 0.717) is 25.5 Å². The molecule has 1 fully saturated rings. The van der Waals surface area contributed by atoms with Crippen molar-refractivity contribution in [1.82, 2.24) is 9.47 Å². The van der Waals surface area contributed by atoms with Crippen molar-refractivity contribution in [3.05, 3.63) is 48.3 Å². The Morgan fingerprint density at radius 3 is 2.92 bits per heavy atom. The number of rotatable bonds is 7. The smallest absolute Gasteiger partial charge is 0.233 e. The molecule has 0 aliphatic carbocycles. The lowest BCUT2D eigenvalue weighted by Gasteiger charge is -2.22. The lowest BCUT2D eigenvalue weighted by atomic mass is 10.3. The Morgan fingerprint density at radius 2 is 2.12 bits per heavy atom. The second-order valence-corrected chi connectivity index (χ2v) is 6.56. The van der Waals surface area contributed by atoms with Crippen molar-refractivity contribution < 1.29 is 14.3 Å². The molecule has 24 heavy (non-hydrogen) atoms. The fourth-order valence-corrected chi connectivity index (χ4v) is 4.02. The molecule has 1 unspecified atom stereocenters. The average molecular weight is 346 g/mol. The minimum Gasteiger partial charge on any atom is -0.492 e. The molecule has 0 N–H and O–H groups in total. The summed E-state index contributed by atoms with van der Waals surface area (Å²) in [5, 5.41) is 0.0492. The van der Waals surface area contributed by atoms with E-state index in [1.165, 1.54) is 0 Å². The summed E-state index contributed by atoms with van der Waals surface area (Å²) in [4.78, 5) is 14.0. The zero-order valence-corrected chi connectivity index (χ0v) is 14.8. The van der Waals surface area contributed by atoms with Gasteiger partial charge in [0.1, 0.15) is 11.1 Å². The van der Waals surface area contributed by atoms with Gasteiger partial charge in [-0.05, 0) is 25.1 Å². The van der Waals surface area contributed by atoms with Gasteiger partial charge in [-0.25, -0.2) is 0 Å². The standard InChI is InChI=1S/C18H22N2O3S/c1-3-23-16-7-5-4-6-15(16)19-9-8-14(12-19)18-20(10-11-22-2)17(21)13-24-18/h4-9,12,18H,3,10-11,13H2,1-2H3. The molecule has 1 aliphatic heterocycles. The molecule has 1 aliphatic rings. The summed E-state index contributed by atoms with van der Waals surface area (Å²) in [6, 6.07) is 10.0. The van der Waals surface area contributed by atoms with E-state index in [2.05, 4.69) is 16.8 Å². The van der Waals surface area contributed by atoms with Gasteiger partial charge in [-0.2, -0.15) is 0 Å². The summed E-state index contributed by atoms with van der Waals surface area (Å²) < 4.78 is 12.9. The van der Waals surface area contributed by atoms with Crippen molar-refractivity contribution in [3.8, 4) is 11.4 Å². The highest BCUT2D eigenvalue weighted by Gasteiger charge is 2.32. The van der Waals surface area contributed by atoms with Crippen molar-refractivity contribution >= 4 is 17.7 Å². The number of thioether (sulfide) groups is 1. The van der Waals surface area contributed by atoms with Crippen molar-refractivity contribution in [2.24, 2.45) is 0 Å². The number of carbonyl (C=O) groups excluding carboxylic acids is 1. The van der Waals surface area contributed by atoms with Crippen molar-refractivity contribution in [2.75, 3.05) is 32.6 Å². The largest absolute Gasteiger partial charge is 0.492 e. The van der Waals surface area contributed by atoms with Gasteiger partial charge in [-0.3, -0.25) is 4.79 Å². The summed E-state index contributed by atoms with van der Waals surface area (Å²) in [5.41, 5.74) is 2.12. The third-order valence-electron chi connectivity index (χ3n) is 3.95. The second-order valence-electron chi connectivity index (χ2n) is 5.50. The maximum absolute atomic E-state index is 12.1. The van der Waals surface area contributed by atoms with E-state index in [1.807, 2.05) is 42.3 Å². The summed E-state index contributed by atoms with van der Waals surface area (Å²) in [7, 11) is 1.66. The molecule has 0 spiro atoms. The lowest BCUT2D eigenvalue weighted by Crippen LogP contribution is -2.31. The quantitative estimate of drug-likeness (QED) is 0.773. The minimum atomic E-state index is 0.0492. The fraction of sp³-hybridized carbons (Fsp3) is 0.389. The molecule has 1 aromatic heterocycles. The SMILES string of the molecule is CCOc1ccccc1-n1ccc(C2SCC(=O)N2CCOC)c1. The Balaban J connectivity index is 1.84. The summed E-state index contributed by atoms with van der Waals surface area (Å²) in [5.74, 6) is 1.55. The number of aromatic nitrogens is 1. The van der Waals surface area contributed by atoms with Gasteiger partial charge in [0.25, 0.3) is 0 Å². The van der Waals surface area contributed by atoms with Crippen LogP contribution in [0.1, 0.15) is 17.9 Å².